The van der Waals surface area contributed by atoms with Gasteiger partial charge < -0.3 is 19.0 Å². The van der Waals surface area contributed by atoms with Crippen molar-refractivity contribution in [1.29, 1.82) is 0 Å². The topological polar surface area (TPSA) is 106 Å². The number of pyridine rings is 1. The Balaban J connectivity index is 1.82. The van der Waals surface area contributed by atoms with Gasteiger partial charge in [0.1, 0.15) is 5.69 Å². The second kappa shape index (κ2) is 9.88. The fourth-order valence-corrected chi connectivity index (χ4v) is 3.43. The zero-order valence-corrected chi connectivity index (χ0v) is 17.8. The average Bonchev–Trinajstić information content (AvgIpc) is 3.39. The number of aromatic nitrogens is 2. The van der Waals surface area contributed by atoms with Crippen molar-refractivity contribution in [2.24, 2.45) is 0 Å². The molecule has 0 unspecified atom stereocenters. The predicted octanol–water partition coefficient (Wildman–Crippen LogP) is 3.36. The molecule has 0 fully saturated rings. The summed E-state index contributed by atoms with van der Waals surface area (Å²) in [5, 5.41) is 0. The summed E-state index contributed by atoms with van der Waals surface area (Å²) >= 11 is 0. The molecule has 0 aliphatic carbocycles. The summed E-state index contributed by atoms with van der Waals surface area (Å²) < 4.78 is 10.3. The van der Waals surface area contributed by atoms with Gasteiger partial charge in [-0.3, -0.25) is 14.6 Å². The number of hydrogen-bond acceptors (Lipinski definition) is 6. The number of rotatable bonds is 9. The van der Waals surface area contributed by atoms with E-state index in [2.05, 4.69) is 9.97 Å². The Morgan fingerprint density at radius 3 is 2.61 bits per heavy atom. The van der Waals surface area contributed by atoms with Gasteiger partial charge in [0.25, 0.3) is 5.91 Å². The van der Waals surface area contributed by atoms with Crippen LogP contribution in [0.1, 0.15) is 55.3 Å². The quantitative estimate of drug-likeness (QED) is 0.418. The number of hydrogen-bond donors (Lipinski definition) is 1. The zero-order valence-electron chi connectivity index (χ0n) is 17.8. The lowest BCUT2D eigenvalue weighted by atomic mass is 10.0. The first kappa shape index (κ1) is 22.0. The van der Waals surface area contributed by atoms with E-state index in [1.165, 1.54) is 11.2 Å². The number of carbonyl (C=O) groups is 3. The number of aromatic amines is 1. The molecule has 1 amide bonds. The number of Topliss-reactive ketones (excluding diaryl/α,β-unsaturated/α-hetero) is 1. The molecular formula is C23H25N3O5. The number of ketones is 1. The maximum Gasteiger partial charge on any atom is 0.355 e. The van der Waals surface area contributed by atoms with Crippen LogP contribution in [0.2, 0.25) is 0 Å². The predicted molar refractivity (Wildman–Crippen MR) is 113 cm³/mol. The summed E-state index contributed by atoms with van der Waals surface area (Å²) in [4.78, 5) is 46.9. The summed E-state index contributed by atoms with van der Waals surface area (Å²) in [5.74, 6) is -1.02. The van der Waals surface area contributed by atoms with E-state index >= 15 is 0 Å². The van der Waals surface area contributed by atoms with Crippen LogP contribution in [0.5, 0.6) is 0 Å². The molecule has 3 aromatic rings. The van der Waals surface area contributed by atoms with Crippen molar-refractivity contribution < 1.29 is 23.5 Å². The lowest BCUT2D eigenvalue weighted by Gasteiger charge is -2.21. The SMILES string of the molecule is CCOC(=O)c1[nH]c(C)c(C(=O)CN(CCc2ccccn2)C(=O)c2ccco2)c1C. The summed E-state index contributed by atoms with van der Waals surface area (Å²) in [6, 6.07) is 8.74. The Kier molecular flexibility index (Phi) is 7.02. The minimum Gasteiger partial charge on any atom is -0.461 e. The van der Waals surface area contributed by atoms with Gasteiger partial charge in [-0.1, -0.05) is 6.07 Å². The van der Waals surface area contributed by atoms with Crippen molar-refractivity contribution in [1.82, 2.24) is 14.9 Å². The van der Waals surface area contributed by atoms with Gasteiger partial charge >= 0.3 is 5.97 Å². The first-order chi connectivity index (χ1) is 14.9. The standard InChI is InChI=1S/C23H25N3O5/c1-4-30-23(29)21-15(2)20(16(3)25-21)18(27)14-26(22(28)19-9-7-13-31-19)12-10-17-8-5-6-11-24-17/h5-9,11,13,25H,4,10,12,14H2,1-3H3. The molecule has 3 aromatic heterocycles. The van der Waals surface area contributed by atoms with E-state index in [1.807, 2.05) is 18.2 Å². The molecule has 8 heteroatoms. The largest absolute Gasteiger partial charge is 0.461 e. The summed E-state index contributed by atoms with van der Waals surface area (Å²) in [6.45, 7) is 5.49. The molecule has 31 heavy (non-hydrogen) atoms. The number of esters is 1. The van der Waals surface area contributed by atoms with Crippen LogP contribution in [0.15, 0.2) is 47.2 Å². The first-order valence-electron chi connectivity index (χ1n) is 10.0. The maximum atomic E-state index is 13.2. The van der Waals surface area contributed by atoms with Gasteiger partial charge in [-0.15, -0.1) is 0 Å². The average molecular weight is 423 g/mol. The molecule has 0 aromatic carbocycles. The maximum absolute atomic E-state index is 13.2. The van der Waals surface area contributed by atoms with Crippen LogP contribution in [0, 0.1) is 13.8 Å². The zero-order chi connectivity index (χ0) is 22.4. The molecule has 162 valence electrons. The highest BCUT2D eigenvalue weighted by Crippen LogP contribution is 2.20. The number of H-pyrrole nitrogens is 1. The molecule has 0 aliphatic rings. The van der Waals surface area contributed by atoms with Crippen molar-refractivity contribution in [3.63, 3.8) is 0 Å². The molecule has 3 heterocycles. The Labute approximate surface area is 180 Å². The van der Waals surface area contributed by atoms with Crippen LogP contribution in [0.4, 0.5) is 0 Å². The highest BCUT2D eigenvalue weighted by atomic mass is 16.5. The van der Waals surface area contributed by atoms with Crippen LogP contribution in [0.25, 0.3) is 0 Å². The van der Waals surface area contributed by atoms with E-state index in [-0.39, 0.29) is 42.8 Å². The normalized spacial score (nSPS) is 10.7. The number of nitrogens with zero attached hydrogens (tertiary/aromatic N) is 2. The van der Waals surface area contributed by atoms with E-state index in [0.717, 1.165) is 5.69 Å². The Morgan fingerprint density at radius 1 is 1.16 bits per heavy atom. The molecule has 0 bridgehead atoms. The molecule has 0 atom stereocenters. The number of amides is 1. The lowest BCUT2D eigenvalue weighted by molar-refractivity contribution is 0.0519. The van der Waals surface area contributed by atoms with Crippen LogP contribution < -0.4 is 0 Å². The monoisotopic (exact) mass is 423 g/mol. The van der Waals surface area contributed by atoms with E-state index < -0.39 is 5.97 Å². The fraction of sp³-hybridized carbons (Fsp3) is 0.304. The molecule has 0 spiro atoms. The number of ether oxygens (including phenoxy) is 1. The third kappa shape index (κ3) is 5.09. The highest BCUT2D eigenvalue weighted by Gasteiger charge is 2.27. The molecule has 1 N–H and O–H groups in total. The Morgan fingerprint density at radius 2 is 1.97 bits per heavy atom. The van der Waals surface area contributed by atoms with Gasteiger partial charge in [0.05, 0.1) is 19.4 Å². The Hall–Kier alpha value is -3.68. The third-order valence-electron chi connectivity index (χ3n) is 4.91. The number of aryl methyl sites for hydroxylation is 1. The number of carbonyl (C=O) groups excluding carboxylic acids is 3. The molecule has 3 rings (SSSR count). The second-order valence-corrected chi connectivity index (χ2v) is 7.04. The molecule has 8 nitrogen and oxygen atoms in total. The molecule has 0 saturated carbocycles. The minimum atomic E-state index is -0.513. The van der Waals surface area contributed by atoms with Gasteiger partial charge in [0.15, 0.2) is 11.5 Å². The molecule has 0 saturated heterocycles. The summed E-state index contributed by atoms with van der Waals surface area (Å²) in [6.07, 6.45) is 3.58. The second-order valence-electron chi connectivity index (χ2n) is 7.04. The molecule has 0 radical (unpaired) electrons. The molecule has 0 aliphatic heterocycles. The summed E-state index contributed by atoms with van der Waals surface area (Å²) in [7, 11) is 0. The van der Waals surface area contributed by atoms with Crippen molar-refractivity contribution >= 4 is 17.7 Å². The third-order valence-corrected chi connectivity index (χ3v) is 4.91. The van der Waals surface area contributed by atoms with Gasteiger partial charge in [-0.05, 0) is 50.6 Å². The first-order valence-corrected chi connectivity index (χ1v) is 10.0. The number of nitrogens with one attached hydrogen (secondary N) is 1. The van der Waals surface area contributed by atoms with Crippen molar-refractivity contribution in [3.8, 4) is 0 Å². The van der Waals surface area contributed by atoms with E-state index in [4.69, 9.17) is 9.15 Å². The van der Waals surface area contributed by atoms with Crippen molar-refractivity contribution in [3.05, 3.63) is 76.8 Å². The van der Waals surface area contributed by atoms with Gasteiger partial charge in [-0.25, -0.2) is 4.79 Å². The van der Waals surface area contributed by atoms with Crippen molar-refractivity contribution in [2.45, 2.75) is 27.2 Å². The van der Waals surface area contributed by atoms with Crippen LogP contribution in [-0.2, 0) is 11.2 Å². The highest BCUT2D eigenvalue weighted by molar-refractivity contribution is 6.05. The van der Waals surface area contributed by atoms with Gasteiger partial charge in [0.2, 0.25) is 0 Å². The van der Waals surface area contributed by atoms with E-state index in [0.29, 0.717) is 23.2 Å². The van der Waals surface area contributed by atoms with Gasteiger partial charge in [-0.2, -0.15) is 0 Å². The molecular weight excluding hydrogens is 398 g/mol. The van der Waals surface area contributed by atoms with E-state index in [9.17, 15) is 14.4 Å². The minimum absolute atomic E-state index is 0.156. The van der Waals surface area contributed by atoms with Gasteiger partial charge in [0, 0.05) is 36.1 Å². The van der Waals surface area contributed by atoms with Crippen molar-refractivity contribution in [2.75, 3.05) is 19.7 Å². The van der Waals surface area contributed by atoms with Crippen LogP contribution in [0.3, 0.4) is 0 Å². The van der Waals surface area contributed by atoms with E-state index in [1.54, 1.807) is 39.1 Å². The fourth-order valence-electron chi connectivity index (χ4n) is 3.43. The Bertz CT molecular complexity index is 1050. The van der Waals surface area contributed by atoms with Crippen LogP contribution >= 0.6 is 0 Å². The lowest BCUT2D eigenvalue weighted by Crippen LogP contribution is -2.37. The van der Waals surface area contributed by atoms with Crippen LogP contribution in [-0.4, -0.2) is 52.2 Å². The smallest absolute Gasteiger partial charge is 0.355 e. The number of furan rings is 1. The summed E-state index contributed by atoms with van der Waals surface area (Å²) in [5.41, 5.74) is 2.51.